The fourth-order valence-electron chi connectivity index (χ4n) is 3.61. The van der Waals surface area contributed by atoms with Crippen LogP contribution in [0.25, 0.3) is 0 Å². The molecule has 27 heavy (non-hydrogen) atoms. The minimum Gasteiger partial charge on any atom is -0.338 e. The van der Waals surface area contributed by atoms with E-state index in [1.807, 2.05) is 18.7 Å². The summed E-state index contributed by atoms with van der Waals surface area (Å²) in [6, 6.07) is 5.48. The van der Waals surface area contributed by atoms with Crippen LogP contribution >= 0.6 is 0 Å². The number of nitrogens with one attached hydrogen (secondary N) is 1. The molecule has 2 rings (SSSR count). The molecular formula is C21H26F3N3. The van der Waals surface area contributed by atoms with Gasteiger partial charge in [-0.2, -0.15) is 13.2 Å². The SMILES string of the molecule is CCC1=CC(C(CC=N)=NC)=C(C)N(c2cccc(C(F)(F)F)c2)C1CC. The van der Waals surface area contributed by atoms with Crippen molar-refractivity contribution in [3.8, 4) is 0 Å². The molecule has 0 amide bonds. The first-order valence-electron chi connectivity index (χ1n) is 9.11. The van der Waals surface area contributed by atoms with Gasteiger partial charge in [0, 0.05) is 42.4 Å². The topological polar surface area (TPSA) is 39.5 Å². The predicted octanol–water partition coefficient (Wildman–Crippen LogP) is 6.02. The molecule has 0 fully saturated rings. The number of anilines is 1. The van der Waals surface area contributed by atoms with Gasteiger partial charge < -0.3 is 10.3 Å². The van der Waals surface area contributed by atoms with Crippen molar-refractivity contribution in [2.24, 2.45) is 4.99 Å². The van der Waals surface area contributed by atoms with E-state index in [4.69, 9.17) is 5.41 Å². The first-order chi connectivity index (χ1) is 12.8. The largest absolute Gasteiger partial charge is 0.416 e. The van der Waals surface area contributed by atoms with Gasteiger partial charge in [-0.25, -0.2) is 0 Å². The molecule has 0 radical (unpaired) electrons. The Labute approximate surface area is 158 Å². The molecule has 1 aliphatic heterocycles. The number of aliphatic imine (C=N–C) groups is 1. The third-order valence-electron chi connectivity index (χ3n) is 4.94. The van der Waals surface area contributed by atoms with Gasteiger partial charge in [0.25, 0.3) is 0 Å². The van der Waals surface area contributed by atoms with E-state index in [1.54, 1.807) is 13.1 Å². The summed E-state index contributed by atoms with van der Waals surface area (Å²) < 4.78 is 39.7. The number of nitrogens with zero attached hydrogens (tertiary/aromatic N) is 2. The zero-order chi connectivity index (χ0) is 20.2. The van der Waals surface area contributed by atoms with Gasteiger partial charge in [-0.3, -0.25) is 4.99 Å². The van der Waals surface area contributed by atoms with Crippen molar-refractivity contribution in [1.29, 1.82) is 5.41 Å². The van der Waals surface area contributed by atoms with Crippen molar-refractivity contribution in [2.45, 2.75) is 52.3 Å². The number of hydrogen-bond acceptors (Lipinski definition) is 3. The molecule has 0 saturated heterocycles. The summed E-state index contributed by atoms with van der Waals surface area (Å²) >= 11 is 0. The van der Waals surface area contributed by atoms with Crippen molar-refractivity contribution >= 4 is 17.6 Å². The van der Waals surface area contributed by atoms with Crippen LogP contribution in [-0.4, -0.2) is 25.0 Å². The van der Waals surface area contributed by atoms with Crippen molar-refractivity contribution in [2.75, 3.05) is 11.9 Å². The maximum atomic E-state index is 13.2. The van der Waals surface area contributed by atoms with Crippen LogP contribution in [0.1, 0.15) is 45.6 Å². The third kappa shape index (κ3) is 4.31. The summed E-state index contributed by atoms with van der Waals surface area (Å²) in [6.07, 6.45) is 0.982. The quantitative estimate of drug-likeness (QED) is 0.605. The molecule has 1 atom stereocenters. The lowest BCUT2D eigenvalue weighted by Gasteiger charge is -2.40. The monoisotopic (exact) mass is 377 g/mol. The summed E-state index contributed by atoms with van der Waals surface area (Å²) in [4.78, 5) is 6.30. The average molecular weight is 377 g/mol. The van der Waals surface area contributed by atoms with Crippen molar-refractivity contribution in [1.82, 2.24) is 0 Å². The maximum Gasteiger partial charge on any atom is 0.416 e. The number of rotatable bonds is 6. The van der Waals surface area contributed by atoms with Gasteiger partial charge in [0.15, 0.2) is 0 Å². The lowest BCUT2D eigenvalue weighted by Crippen LogP contribution is -2.39. The smallest absolute Gasteiger partial charge is 0.338 e. The van der Waals surface area contributed by atoms with Crippen molar-refractivity contribution < 1.29 is 13.2 Å². The van der Waals surface area contributed by atoms with E-state index in [0.717, 1.165) is 41.5 Å². The van der Waals surface area contributed by atoms with Gasteiger partial charge in [-0.05, 0) is 43.5 Å². The Kier molecular flexibility index (Phi) is 6.63. The lowest BCUT2D eigenvalue weighted by atomic mass is 9.89. The Morgan fingerprint density at radius 2 is 2.00 bits per heavy atom. The number of benzene rings is 1. The summed E-state index contributed by atoms with van der Waals surface area (Å²) in [5.41, 5.74) is 3.54. The van der Waals surface area contributed by atoms with E-state index < -0.39 is 11.7 Å². The number of hydrogen-bond donors (Lipinski definition) is 1. The molecule has 1 unspecified atom stereocenters. The van der Waals surface area contributed by atoms with E-state index in [2.05, 4.69) is 18.0 Å². The molecule has 0 bridgehead atoms. The van der Waals surface area contributed by atoms with E-state index in [1.165, 1.54) is 18.3 Å². The molecule has 0 spiro atoms. The van der Waals surface area contributed by atoms with E-state index in [-0.39, 0.29) is 6.04 Å². The Morgan fingerprint density at radius 3 is 2.52 bits per heavy atom. The van der Waals surface area contributed by atoms with E-state index in [9.17, 15) is 13.2 Å². The van der Waals surface area contributed by atoms with Gasteiger partial charge in [0.2, 0.25) is 0 Å². The Hall–Kier alpha value is -2.37. The van der Waals surface area contributed by atoms with Crippen LogP contribution in [0.15, 0.2) is 52.2 Å². The van der Waals surface area contributed by atoms with Crippen LogP contribution in [0.4, 0.5) is 18.9 Å². The normalized spacial score (nSPS) is 18.6. The summed E-state index contributed by atoms with van der Waals surface area (Å²) in [7, 11) is 1.68. The summed E-state index contributed by atoms with van der Waals surface area (Å²) in [6.45, 7) is 6.01. The number of allylic oxidation sites excluding steroid dienone is 3. The van der Waals surface area contributed by atoms with Gasteiger partial charge in [0.05, 0.1) is 11.6 Å². The highest BCUT2D eigenvalue weighted by Gasteiger charge is 2.33. The third-order valence-corrected chi connectivity index (χ3v) is 4.94. The van der Waals surface area contributed by atoms with E-state index >= 15 is 0 Å². The molecule has 0 aromatic heterocycles. The Balaban J connectivity index is 2.66. The molecular weight excluding hydrogens is 351 g/mol. The standard InChI is InChI=1S/C21H26F3N3/c1-5-15-12-18(19(26-4)10-11-25)14(3)27(20(15)6-2)17-9-7-8-16(13-17)21(22,23)24/h7-9,11-13,20,25H,5-6,10H2,1-4H3. The van der Waals surface area contributed by atoms with Gasteiger partial charge >= 0.3 is 6.18 Å². The minimum absolute atomic E-state index is 0.000297. The zero-order valence-electron chi connectivity index (χ0n) is 16.2. The molecule has 146 valence electrons. The van der Waals surface area contributed by atoms with Crippen molar-refractivity contribution in [3.63, 3.8) is 0 Å². The number of alkyl halides is 3. The highest BCUT2D eigenvalue weighted by Crippen LogP contribution is 2.38. The van der Waals surface area contributed by atoms with Crippen LogP contribution in [0.3, 0.4) is 0 Å². The first kappa shape index (κ1) is 20.9. The van der Waals surface area contributed by atoms with E-state index in [0.29, 0.717) is 12.1 Å². The fraction of sp³-hybridized carbons (Fsp3) is 0.429. The Bertz CT molecular complexity index is 788. The van der Waals surface area contributed by atoms with Crippen LogP contribution < -0.4 is 4.90 Å². The van der Waals surface area contributed by atoms with Crippen LogP contribution in [0.5, 0.6) is 0 Å². The zero-order valence-corrected chi connectivity index (χ0v) is 16.2. The average Bonchev–Trinajstić information content (AvgIpc) is 2.65. The molecule has 6 heteroatoms. The molecule has 1 N–H and O–H groups in total. The van der Waals surface area contributed by atoms with Crippen LogP contribution in [0.2, 0.25) is 0 Å². The number of halogens is 3. The maximum absolute atomic E-state index is 13.2. The first-order valence-corrected chi connectivity index (χ1v) is 9.11. The molecule has 1 aromatic carbocycles. The second-order valence-corrected chi connectivity index (χ2v) is 6.49. The van der Waals surface area contributed by atoms with Gasteiger partial charge in [0.1, 0.15) is 0 Å². The molecule has 0 aliphatic carbocycles. The highest BCUT2D eigenvalue weighted by atomic mass is 19.4. The molecule has 0 saturated carbocycles. The second kappa shape index (κ2) is 8.55. The molecule has 1 aromatic rings. The Morgan fingerprint density at radius 1 is 1.30 bits per heavy atom. The highest BCUT2D eigenvalue weighted by molar-refractivity contribution is 6.09. The van der Waals surface area contributed by atoms with Crippen molar-refractivity contribution in [3.05, 3.63) is 52.7 Å². The van der Waals surface area contributed by atoms with Gasteiger partial charge in [-0.1, -0.05) is 26.0 Å². The van der Waals surface area contributed by atoms with Crippen LogP contribution in [0, 0.1) is 5.41 Å². The summed E-state index contributed by atoms with van der Waals surface area (Å²) in [5.74, 6) is 0. The molecule has 1 heterocycles. The second-order valence-electron chi connectivity index (χ2n) is 6.49. The van der Waals surface area contributed by atoms with Crippen LogP contribution in [-0.2, 0) is 6.18 Å². The van der Waals surface area contributed by atoms with Gasteiger partial charge in [-0.15, -0.1) is 0 Å². The molecule has 3 nitrogen and oxygen atoms in total. The summed E-state index contributed by atoms with van der Waals surface area (Å²) in [5, 5.41) is 7.42. The lowest BCUT2D eigenvalue weighted by molar-refractivity contribution is -0.137. The molecule has 1 aliphatic rings. The fourth-order valence-corrected chi connectivity index (χ4v) is 3.61. The predicted molar refractivity (Wildman–Crippen MR) is 106 cm³/mol. The minimum atomic E-state index is -4.38.